The molecule has 0 bridgehead atoms. The van der Waals surface area contributed by atoms with Crippen molar-refractivity contribution < 1.29 is 0 Å². The van der Waals surface area contributed by atoms with Crippen molar-refractivity contribution in [2.75, 3.05) is 58.3 Å². The predicted octanol–water partition coefficient (Wildman–Crippen LogP) is 4.03. The first kappa shape index (κ1) is 24.3. The second-order valence-electron chi connectivity index (χ2n) is 8.54. The first-order valence-electron chi connectivity index (χ1n) is 11.2. The number of likely N-dealkylation sites (tertiary alicyclic amines) is 1. The van der Waals surface area contributed by atoms with Gasteiger partial charge in [0.05, 0.1) is 0 Å². The van der Waals surface area contributed by atoms with Crippen molar-refractivity contribution in [1.29, 1.82) is 0 Å². The maximum Gasteiger partial charge on any atom is 0.193 e. The molecule has 5 nitrogen and oxygen atoms in total. The fourth-order valence-electron chi connectivity index (χ4n) is 4.42. The third kappa shape index (κ3) is 7.63. The van der Waals surface area contributed by atoms with E-state index in [1.54, 1.807) is 0 Å². The molecule has 2 aliphatic rings. The highest BCUT2D eigenvalue weighted by Gasteiger charge is 2.17. The monoisotopic (exact) mass is 513 g/mol. The van der Waals surface area contributed by atoms with E-state index >= 15 is 0 Å². The van der Waals surface area contributed by atoms with E-state index in [1.165, 1.54) is 69.5 Å². The Balaban J connectivity index is 0.00000300. The summed E-state index contributed by atoms with van der Waals surface area (Å²) in [5.41, 5.74) is 2.71. The minimum absolute atomic E-state index is 0. The largest absolute Gasteiger partial charge is 0.372 e. The van der Waals surface area contributed by atoms with Crippen LogP contribution in [0.1, 0.15) is 44.6 Å². The molecule has 0 radical (unpaired) electrons. The van der Waals surface area contributed by atoms with Gasteiger partial charge in [-0.3, -0.25) is 4.99 Å². The van der Waals surface area contributed by atoms with E-state index in [-0.39, 0.29) is 24.0 Å². The zero-order valence-electron chi connectivity index (χ0n) is 18.6. The van der Waals surface area contributed by atoms with Crippen molar-refractivity contribution in [2.45, 2.75) is 45.6 Å². The molecule has 0 aliphatic carbocycles. The zero-order valence-corrected chi connectivity index (χ0v) is 20.9. The van der Waals surface area contributed by atoms with Gasteiger partial charge in [-0.1, -0.05) is 12.1 Å². The van der Waals surface area contributed by atoms with Gasteiger partial charge in [0.25, 0.3) is 0 Å². The van der Waals surface area contributed by atoms with Gasteiger partial charge in [-0.25, -0.2) is 0 Å². The molecule has 0 amide bonds. The standard InChI is InChI=1S/C23H39N5.HI/c1-4-24-23(25-17-21-9-8-14-26(2)18-21)27(3)19-20-10-12-22(13-11-20)28-15-6-5-7-16-28;/h10-13,21H,4-9,14-19H2,1-3H3,(H,24,25);1H. The van der Waals surface area contributed by atoms with Crippen molar-refractivity contribution in [2.24, 2.45) is 10.9 Å². The number of rotatable bonds is 6. The molecule has 1 N–H and O–H groups in total. The highest BCUT2D eigenvalue weighted by molar-refractivity contribution is 14.0. The molecule has 1 unspecified atom stereocenters. The molecule has 2 aliphatic heterocycles. The van der Waals surface area contributed by atoms with Crippen LogP contribution in [0.5, 0.6) is 0 Å². The Bertz CT molecular complexity index is 612. The van der Waals surface area contributed by atoms with Crippen LogP contribution in [0.15, 0.2) is 29.3 Å². The van der Waals surface area contributed by atoms with Gasteiger partial charge in [-0.05, 0) is 76.2 Å². The number of aliphatic imine (C=N–C) groups is 1. The van der Waals surface area contributed by atoms with Gasteiger partial charge in [0.1, 0.15) is 0 Å². The number of anilines is 1. The predicted molar refractivity (Wildman–Crippen MR) is 136 cm³/mol. The minimum atomic E-state index is 0. The van der Waals surface area contributed by atoms with E-state index in [4.69, 9.17) is 4.99 Å². The van der Waals surface area contributed by atoms with Crippen LogP contribution in [0, 0.1) is 5.92 Å². The van der Waals surface area contributed by atoms with Crippen molar-refractivity contribution in [3.8, 4) is 0 Å². The fourth-order valence-corrected chi connectivity index (χ4v) is 4.42. The first-order valence-corrected chi connectivity index (χ1v) is 11.2. The average molecular weight is 514 g/mol. The summed E-state index contributed by atoms with van der Waals surface area (Å²) in [7, 11) is 4.37. The number of guanidine groups is 1. The highest BCUT2D eigenvalue weighted by atomic mass is 127. The van der Waals surface area contributed by atoms with Crippen molar-refractivity contribution in [1.82, 2.24) is 15.1 Å². The molecule has 0 spiro atoms. The number of benzene rings is 1. The van der Waals surface area contributed by atoms with Crippen LogP contribution in [-0.4, -0.2) is 69.1 Å². The molecule has 1 atom stereocenters. The molecular weight excluding hydrogens is 473 g/mol. The zero-order chi connectivity index (χ0) is 19.8. The minimum Gasteiger partial charge on any atom is -0.372 e. The van der Waals surface area contributed by atoms with Gasteiger partial charge < -0.3 is 20.0 Å². The van der Waals surface area contributed by atoms with Crippen molar-refractivity contribution >= 4 is 35.6 Å². The molecule has 1 aromatic rings. The van der Waals surface area contributed by atoms with Crippen LogP contribution in [0.3, 0.4) is 0 Å². The number of hydrogen-bond donors (Lipinski definition) is 1. The lowest BCUT2D eigenvalue weighted by molar-refractivity contribution is 0.214. The van der Waals surface area contributed by atoms with E-state index < -0.39 is 0 Å². The van der Waals surface area contributed by atoms with Crippen LogP contribution < -0.4 is 10.2 Å². The van der Waals surface area contributed by atoms with Crippen LogP contribution in [0.2, 0.25) is 0 Å². The third-order valence-corrected chi connectivity index (χ3v) is 6.00. The normalized spacial score (nSPS) is 20.9. The number of halogens is 1. The molecular formula is C23H40IN5. The Morgan fingerprint density at radius 3 is 2.48 bits per heavy atom. The van der Waals surface area contributed by atoms with Crippen LogP contribution in [0.25, 0.3) is 0 Å². The summed E-state index contributed by atoms with van der Waals surface area (Å²) >= 11 is 0. The summed E-state index contributed by atoms with van der Waals surface area (Å²) in [5, 5.41) is 3.47. The van der Waals surface area contributed by atoms with E-state index in [2.05, 4.69) is 65.3 Å². The molecule has 29 heavy (non-hydrogen) atoms. The van der Waals surface area contributed by atoms with Crippen LogP contribution >= 0.6 is 24.0 Å². The summed E-state index contributed by atoms with van der Waals surface area (Å²) in [5.74, 6) is 1.71. The Hall–Kier alpha value is -1.02. The van der Waals surface area contributed by atoms with Gasteiger partial charge in [-0.2, -0.15) is 0 Å². The SMILES string of the molecule is CCNC(=NCC1CCCN(C)C1)N(C)Cc1ccc(N2CCCCC2)cc1.I. The van der Waals surface area contributed by atoms with Gasteiger partial charge in [-0.15, -0.1) is 24.0 Å². The maximum atomic E-state index is 4.96. The number of nitrogens with zero attached hydrogens (tertiary/aromatic N) is 4. The highest BCUT2D eigenvalue weighted by Crippen LogP contribution is 2.21. The van der Waals surface area contributed by atoms with E-state index in [9.17, 15) is 0 Å². The second-order valence-corrected chi connectivity index (χ2v) is 8.54. The van der Waals surface area contributed by atoms with E-state index in [0.29, 0.717) is 5.92 Å². The van der Waals surface area contributed by atoms with Gasteiger partial charge in [0.2, 0.25) is 0 Å². The molecule has 0 saturated carbocycles. The summed E-state index contributed by atoms with van der Waals surface area (Å²) in [4.78, 5) is 12.2. The lowest BCUT2D eigenvalue weighted by Crippen LogP contribution is -2.39. The van der Waals surface area contributed by atoms with Gasteiger partial charge >= 0.3 is 0 Å². The smallest absolute Gasteiger partial charge is 0.193 e. The Kier molecular flexibility index (Phi) is 10.6. The van der Waals surface area contributed by atoms with Crippen LogP contribution in [-0.2, 0) is 6.54 Å². The second kappa shape index (κ2) is 12.6. The Morgan fingerprint density at radius 2 is 1.83 bits per heavy atom. The Labute approximate surface area is 194 Å². The molecule has 6 heteroatoms. The maximum absolute atomic E-state index is 4.96. The number of hydrogen-bond acceptors (Lipinski definition) is 3. The van der Waals surface area contributed by atoms with Crippen molar-refractivity contribution in [3.63, 3.8) is 0 Å². The molecule has 0 aromatic heterocycles. The number of nitrogens with one attached hydrogen (secondary N) is 1. The first-order chi connectivity index (χ1) is 13.7. The lowest BCUT2D eigenvalue weighted by Gasteiger charge is -2.30. The van der Waals surface area contributed by atoms with Crippen molar-refractivity contribution in [3.05, 3.63) is 29.8 Å². The number of piperidine rings is 2. The molecule has 2 fully saturated rings. The fraction of sp³-hybridized carbons (Fsp3) is 0.696. The summed E-state index contributed by atoms with van der Waals surface area (Å²) < 4.78 is 0. The summed E-state index contributed by atoms with van der Waals surface area (Å²) in [6, 6.07) is 9.13. The van der Waals surface area contributed by atoms with E-state index in [0.717, 1.165) is 25.6 Å². The summed E-state index contributed by atoms with van der Waals surface area (Å²) in [6.07, 6.45) is 6.62. The quantitative estimate of drug-likeness (QED) is 0.354. The van der Waals surface area contributed by atoms with Crippen LogP contribution in [0.4, 0.5) is 5.69 Å². The lowest BCUT2D eigenvalue weighted by atomic mass is 9.99. The molecule has 164 valence electrons. The molecule has 2 heterocycles. The average Bonchev–Trinajstić information content (AvgIpc) is 2.72. The topological polar surface area (TPSA) is 34.1 Å². The van der Waals surface area contributed by atoms with Gasteiger partial charge in [0, 0.05) is 52.0 Å². The molecule has 2 saturated heterocycles. The Morgan fingerprint density at radius 1 is 1.10 bits per heavy atom. The van der Waals surface area contributed by atoms with Gasteiger partial charge in [0.15, 0.2) is 5.96 Å². The summed E-state index contributed by atoms with van der Waals surface area (Å²) in [6.45, 7) is 9.66. The third-order valence-electron chi connectivity index (χ3n) is 6.00. The molecule has 1 aromatic carbocycles. The molecule has 3 rings (SSSR count). The van der Waals surface area contributed by atoms with E-state index in [1.807, 2.05) is 0 Å².